The van der Waals surface area contributed by atoms with Gasteiger partial charge in [-0.1, -0.05) is 78.6 Å². The number of nitriles is 2. The number of hydrogen-bond acceptors (Lipinski definition) is 6. The minimum absolute atomic E-state index is 0.638. The molecule has 0 saturated heterocycles. The van der Waals surface area contributed by atoms with E-state index in [1.165, 1.54) is 12.8 Å². The Labute approximate surface area is 241 Å². The highest BCUT2D eigenvalue weighted by Gasteiger charge is 2.06. The predicted octanol–water partition coefficient (Wildman–Crippen LogP) is 9.12. The topological polar surface area (TPSA) is 99.1 Å². The molecule has 0 aliphatic heterocycles. The summed E-state index contributed by atoms with van der Waals surface area (Å²) in [7, 11) is 0. The Morgan fingerprint density at radius 3 is 1.73 bits per heavy atom. The van der Waals surface area contributed by atoms with Crippen LogP contribution < -0.4 is 0 Å². The second-order valence-electron chi connectivity index (χ2n) is 8.81. The molecule has 40 heavy (non-hydrogen) atoms. The minimum atomic E-state index is 0.638. The zero-order valence-electron chi connectivity index (χ0n) is 25.9. The molecule has 210 valence electrons. The summed E-state index contributed by atoms with van der Waals surface area (Å²) in [5.74, 6) is 0. The van der Waals surface area contributed by atoms with Gasteiger partial charge in [-0.2, -0.15) is 25.8 Å². The van der Waals surface area contributed by atoms with Crippen LogP contribution in [0.5, 0.6) is 0 Å². The lowest BCUT2D eigenvalue weighted by molar-refractivity contribution is 0.973. The molecule has 0 unspecified atom stereocenters. The van der Waals surface area contributed by atoms with E-state index in [4.69, 9.17) is 10.5 Å². The first kappa shape index (κ1) is 35.6. The van der Waals surface area contributed by atoms with Crippen molar-refractivity contribution in [1.29, 1.82) is 10.5 Å². The number of nitrogens with zero attached hydrogens (tertiary/aromatic N) is 6. The highest BCUT2D eigenvalue weighted by molar-refractivity contribution is 5.65. The molecule has 4 aromatic rings. The minimum Gasteiger partial charge on any atom is -0.192 e. The van der Waals surface area contributed by atoms with E-state index in [-0.39, 0.29) is 0 Å². The number of aromatic nitrogens is 4. The average Bonchev–Trinajstić information content (AvgIpc) is 2.97. The molecule has 0 bridgehead atoms. The molecule has 2 heterocycles. The zero-order valence-corrected chi connectivity index (χ0v) is 25.9. The fourth-order valence-corrected chi connectivity index (χ4v) is 3.15. The third-order valence-corrected chi connectivity index (χ3v) is 5.02. The van der Waals surface area contributed by atoms with E-state index in [2.05, 4.69) is 60.2 Å². The van der Waals surface area contributed by atoms with Crippen LogP contribution in [0.1, 0.15) is 87.9 Å². The van der Waals surface area contributed by atoms with Crippen molar-refractivity contribution in [3.05, 3.63) is 94.3 Å². The lowest BCUT2D eigenvalue weighted by Crippen LogP contribution is -1.94. The van der Waals surface area contributed by atoms with Gasteiger partial charge in [0.05, 0.1) is 46.5 Å². The van der Waals surface area contributed by atoms with E-state index in [9.17, 15) is 0 Å². The molecular formula is C34H44N6. The first-order chi connectivity index (χ1) is 19.3. The third-order valence-electron chi connectivity index (χ3n) is 5.02. The molecule has 0 amide bonds. The molecular weight excluding hydrogens is 492 g/mol. The van der Waals surface area contributed by atoms with Crippen molar-refractivity contribution in [2.24, 2.45) is 0 Å². The summed E-state index contributed by atoms with van der Waals surface area (Å²) < 4.78 is 0. The van der Waals surface area contributed by atoms with E-state index in [1.54, 1.807) is 24.4 Å². The van der Waals surface area contributed by atoms with Gasteiger partial charge in [0, 0.05) is 11.1 Å². The largest absolute Gasteiger partial charge is 0.192 e. The van der Waals surface area contributed by atoms with Crippen molar-refractivity contribution < 1.29 is 0 Å². The maximum absolute atomic E-state index is 8.84. The van der Waals surface area contributed by atoms with E-state index in [0.717, 1.165) is 44.9 Å². The maximum Gasteiger partial charge on any atom is 0.0991 e. The molecule has 0 atom stereocenters. The standard InChI is InChI=1S/2C13H11N3.2C3H8.C2H6/c1-9-8-15-16-13(10(9)2)12-5-3-11(7-14)4-6-12;1-9-6-10(2)15-16-13(9)12-5-3-4-11(7-12)8-14;2*1-3-2;1-2/h3-6,8H,1-2H3;3-7H,1-2H3;2*3H2,1-2H3;1-2H3. The molecule has 0 N–H and O–H groups in total. The molecule has 6 heteroatoms. The van der Waals surface area contributed by atoms with Crippen molar-refractivity contribution in [2.75, 3.05) is 0 Å². The van der Waals surface area contributed by atoms with Crippen molar-refractivity contribution in [3.8, 4) is 34.7 Å². The summed E-state index contributed by atoms with van der Waals surface area (Å²) in [5, 5.41) is 33.8. The molecule has 0 aliphatic carbocycles. The number of benzene rings is 2. The first-order valence-corrected chi connectivity index (χ1v) is 13.9. The molecule has 2 aromatic carbocycles. The quantitative estimate of drug-likeness (QED) is 0.253. The van der Waals surface area contributed by atoms with Gasteiger partial charge in [0.15, 0.2) is 0 Å². The van der Waals surface area contributed by atoms with Gasteiger partial charge in [0.1, 0.15) is 0 Å². The van der Waals surface area contributed by atoms with E-state index in [1.807, 2.05) is 77.9 Å². The van der Waals surface area contributed by atoms with Gasteiger partial charge in [-0.15, -0.1) is 5.10 Å². The molecule has 0 aliphatic rings. The van der Waals surface area contributed by atoms with Crippen LogP contribution in [0.4, 0.5) is 0 Å². The van der Waals surface area contributed by atoms with E-state index in [0.29, 0.717) is 11.1 Å². The Morgan fingerprint density at radius 2 is 1.20 bits per heavy atom. The summed E-state index contributed by atoms with van der Waals surface area (Å²) in [6, 6.07) is 21.0. The monoisotopic (exact) mass is 536 g/mol. The summed E-state index contributed by atoms with van der Waals surface area (Å²) >= 11 is 0. The molecule has 0 fully saturated rings. The van der Waals surface area contributed by atoms with Crippen LogP contribution in [-0.2, 0) is 0 Å². The van der Waals surface area contributed by atoms with Crippen molar-refractivity contribution in [1.82, 2.24) is 20.4 Å². The third kappa shape index (κ3) is 12.0. The van der Waals surface area contributed by atoms with Gasteiger partial charge in [-0.05, 0) is 74.7 Å². The number of aryl methyl sites for hydroxylation is 3. The number of hydrogen-bond donors (Lipinski definition) is 0. The summed E-state index contributed by atoms with van der Waals surface area (Å²) in [6.45, 7) is 20.4. The highest BCUT2D eigenvalue weighted by atomic mass is 15.1. The zero-order chi connectivity index (χ0) is 30.5. The Morgan fingerprint density at radius 1 is 0.625 bits per heavy atom. The van der Waals surface area contributed by atoms with Gasteiger partial charge in [0.2, 0.25) is 0 Å². The molecule has 4 rings (SSSR count). The Hall–Kier alpha value is -4.42. The maximum atomic E-state index is 8.84. The first-order valence-electron chi connectivity index (χ1n) is 13.9. The van der Waals surface area contributed by atoms with Gasteiger partial charge >= 0.3 is 0 Å². The fraction of sp³-hybridized carbons (Fsp3) is 0.353. The van der Waals surface area contributed by atoms with E-state index >= 15 is 0 Å². The average molecular weight is 537 g/mol. The smallest absolute Gasteiger partial charge is 0.0991 e. The van der Waals surface area contributed by atoms with Crippen LogP contribution in [0.2, 0.25) is 0 Å². The SMILES string of the molecule is CC.CCC.CCC.Cc1cc(C)c(-c2cccc(C#N)c2)nn1.Cc1cnnc(-c2ccc(C#N)cc2)c1C. The summed E-state index contributed by atoms with van der Waals surface area (Å²) in [4.78, 5) is 0. The van der Waals surface area contributed by atoms with Gasteiger partial charge in [0.25, 0.3) is 0 Å². The van der Waals surface area contributed by atoms with Gasteiger partial charge < -0.3 is 0 Å². The predicted molar refractivity (Wildman–Crippen MR) is 167 cm³/mol. The summed E-state index contributed by atoms with van der Waals surface area (Å²) in [6.07, 6.45) is 4.25. The highest BCUT2D eigenvalue weighted by Crippen LogP contribution is 2.22. The lowest BCUT2D eigenvalue weighted by Gasteiger charge is -2.05. The second-order valence-corrected chi connectivity index (χ2v) is 8.81. The van der Waals surface area contributed by atoms with Crippen LogP contribution in [0.25, 0.3) is 22.5 Å². The fourth-order valence-electron chi connectivity index (χ4n) is 3.15. The molecule has 0 radical (unpaired) electrons. The van der Waals surface area contributed by atoms with E-state index < -0.39 is 0 Å². The van der Waals surface area contributed by atoms with Gasteiger partial charge in [-0.25, -0.2) is 0 Å². The molecule has 0 spiro atoms. The van der Waals surface area contributed by atoms with Crippen molar-refractivity contribution >= 4 is 0 Å². The normalized spacial score (nSPS) is 8.90. The van der Waals surface area contributed by atoms with Crippen LogP contribution in [0, 0.1) is 50.4 Å². The molecule has 6 nitrogen and oxygen atoms in total. The van der Waals surface area contributed by atoms with Crippen LogP contribution in [-0.4, -0.2) is 20.4 Å². The summed E-state index contributed by atoms with van der Waals surface area (Å²) in [5.41, 5.74) is 9.15. The number of rotatable bonds is 2. The van der Waals surface area contributed by atoms with Crippen molar-refractivity contribution in [2.45, 2.75) is 82.1 Å². The van der Waals surface area contributed by atoms with Gasteiger partial charge in [-0.3, -0.25) is 0 Å². The van der Waals surface area contributed by atoms with Crippen molar-refractivity contribution in [3.63, 3.8) is 0 Å². The Balaban J connectivity index is 0.000000605. The van der Waals surface area contributed by atoms with Crippen LogP contribution in [0.3, 0.4) is 0 Å². The lowest BCUT2D eigenvalue weighted by atomic mass is 10.0. The Kier molecular flexibility index (Phi) is 18.3. The van der Waals surface area contributed by atoms with Crippen LogP contribution >= 0.6 is 0 Å². The second kappa shape index (κ2) is 20.5. The molecule has 0 saturated carbocycles. The Bertz CT molecular complexity index is 1360. The van der Waals surface area contributed by atoms with Crippen LogP contribution in [0.15, 0.2) is 60.8 Å². The molecule has 2 aromatic heterocycles.